The molecule has 1 aromatic carbocycles. The van der Waals surface area contributed by atoms with E-state index in [-0.39, 0.29) is 6.04 Å². The van der Waals surface area contributed by atoms with Gasteiger partial charge in [0.15, 0.2) is 0 Å². The summed E-state index contributed by atoms with van der Waals surface area (Å²) < 4.78 is 6.23. The molecule has 0 amide bonds. The smallest absolute Gasteiger partial charge is 0.247 e. The van der Waals surface area contributed by atoms with Crippen LogP contribution in [0.1, 0.15) is 18.9 Å². The summed E-state index contributed by atoms with van der Waals surface area (Å²) in [6, 6.07) is 5.15. The number of hydrogen-bond acceptors (Lipinski definition) is 4. The Labute approximate surface area is 106 Å². The number of benzene rings is 1. The zero-order valence-corrected chi connectivity index (χ0v) is 10.8. The Morgan fingerprint density at radius 3 is 2.75 bits per heavy atom. The molecule has 2 N–H and O–H groups in total. The number of hydrogen-bond donors (Lipinski definition) is 1. The number of aromatic nitrogens is 2. The molecule has 16 heavy (non-hydrogen) atoms. The Morgan fingerprint density at radius 2 is 2.19 bits per heavy atom. The first-order valence-electron chi connectivity index (χ1n) is 4.62. The molecular formula is C10H9BrClN3O. The molecule has 84 valence electrons. The van der Waals surface area contributed by atoms with Crippen molar-refractivity contribution in [1.82, 2.24) is 10.2 Å². The van der Waals surface area contributed by atoms with Gasteiger partial charge in [0, 0.05) is 10.0 Å². The van der Waals surface area contributed by atoms with Gasteiger partial charge < -0.3 is 10.2 Å². The first kappa shape index (κ1) is 11.6. The van der Waals surface area contributed by atoms with Gasteiger partial charge in [-0.15, -0.1) is 10.2 Å². The van der Waals surface area contributed by atoms with Crippen molar-refractivity contribution in [3.63, 3.8) is 0 Å². The van der Waals surface area contributed by atoms with Crippen molar-refractivity contribution >= 4 is 27.5 Å². The summed E-state index contributed by atoms with van der Waals surface area (Å²) in [5.41, 5.74) is 6.40. The van der Waals surface area contributed by atoms with Crippen LogP contribution in [0, 0.1) is 0 Å². The standard InChI is InChI=1S/C10H9BrClN3O/c1-5(13)9-14-15-10(16-9)6-2-3-7(11)8(12)4-6/h2-5H,13H2,1H3. The summed E-state index contributed by atoms with van der Waals surface area (Å²) in [5, 5.41) is 8.35. The SMILES string of the molecule is CC(N)c1nnc(-c2ccc(Br)c(Cl)c2)o1. The quantitative estimate of drug-likeness (QED) is 0.925. The molecular weight excluding hydrogens is 293 g/mol. The van der Waals surface area contributed by atoms with Gasteiger partial charge >= 0.3 is 0 Å². The van der Waals surface area contributed by atoms with Crippen molar-refractivity contribution in [1.29, 1.82) is 0 Å². The summed E-state index contributed by atoms with van der Waals surface area (Å²) in [5.74, 6) is 0.829. The van der Waals surface area contributed by atoms with Gasteiger partial charge in [0.2, 0.25) is 11.8 Å². The molecule has 0 saturated carbocycles. The lowest BCUT2D eigenvalue weighted by molar-refractivity contribution is 0.473. The molecule has 0 aliphatic carbocycles. The Balaban J connectivity index is 2.39. The number of nitrogens with two attached hydrogens (primary N) is 1. The monoisotopic (exact) mass is 301 g/mol. The molecule has 0 aliphatic heterocycles. The minimum Gasteiger partial charge on any atom is -0.419 e. The van der Waals surface area contributed by atoms with E-state index in [1.807, 2.05) is 12.1 Å². The first-order chi connectivity index (χ1) is 7.58. The highest BCUT2D eigenvalue weighted by Gasteiger charge is 2.12. The minimum absolute atomic E-state index is 0.271. The van der Waals surface area contributed by atoms with E-state index in [0.717, 1.165) is 10.0 Å². The summed E-state index contributed by atoms with van der Waals surface area (Å²) in [6.45, 7) is 1.78. The van der Waals surface area contributed by atoms with E-state index in [4.69, 9.17) is 21.8 Å². The molecule has 0 saturated heterocycles. The van der Waals surface area contributed by atoms with Crippen LogP contribution in [0.15, 0.2) is 27.1 Å². The third-order valence-electron chi connectivity index (χ3n) is 2.00. The third-order valence-corrected chi connectivity index (χ3v) is 3.23. The van der Waals surface area contributed by atoms with Crippen LogP contribution in [-0.2, 0) is 0 Å². The molecule has 2 rings (SSSR count). The van der Waals surface area contributed by atoms with Crippen molar-refractivity contribution in [3.05, 3.63) is 33.6 Å². The maximum absolute atomic E-state index is 5.97. The molecule has 0 spiro atoms. The lowest BCUT2D eigenvalue weighted by Gasteiger charge is -1.98. The average molecular weight is 303 g/mol. The van der Waals surface area contributed by atoms with E-state index in [0.29, 0.717) is 16.8 Å². The molecule has 1 atom stereocenters. The van der Waals surface area contributed by atoms with Crippen LogP contribution >= 0.6 is 27.5 Å². The van der Waals surface area contributed by atoms with Crippen molar-refractivity contribution in [2.24, 2.45) is 5.73 Å². The zero-order chi connectivity index (χ0) is 11.7. The van der Waals surface area contributed by atoms with Gasteiger partial charge in [0.1, 0.15) is 0 Å². The third kappa shape index (κ3) is 2.26. The number of rotatable bonds is 2. The number of nitrogens with zero attached hydrogens (tertiary/aromatic N) is 2. The second-order valence-electron chi connectivity index (χ2n) is 3.36. The molecule has 1 heterocycles. The predicted molar refractivity (Wildman–Crippen MR) is 65.0 cm³/mol. The van der Waals surface area contributed by atoms with Gasteiger partial charge in [-0.25, -0.2) is 0 Å². The van der Waals surface area contributed by atoms with Crippen molar-refractivity contribution in [3.8, 4) is 11.5 Å². The van der Waals surface area contributed by atoms with Gasteiger partial charge in [-0.1, -0.05) is 11.6 Å². The lowest BCUT2D eigenvalue weighted by Crippen LogP contribution is -2.04. The maximum atomic E-state index is 5.97. The Bertz CT molecular complexity index is 513. The second kappa shape index (κ2) is 4.53. The number of halogens is 2. The summed E-state index contributed by atoms with van der Waals surface area (Å²) in [7, 11) is 0. The van der Waals surface area contributed by atoms with Crippen molar-refractivity contribution < 1.29 is 4.42 Å². The van der Waals surface area contributed by atoms with E-state index in [1.54, 1.807) is 13.0 Å². The van der Waals surface area contributed by atoms with Crippen LogP contribution < -0.4 is 5.73 Å². The van der Waals surface area contributed by atoms with Gasteiger partial charge in [-0.2, -0.15) is 0 Å². The molecule has 0 aliphatic rings. The van der Waals surface area contributed by atoms with Gasteiger partial charge in [0.25, 0.3) is 0 Å². The zero-order valence-electron chi connectivity index (χ0n) is 8.45. The fraction of sp³-hybridized carbons (Fsp3) is 0.200. The average Bonchev–Trinajstić information content (AvgIpc) is 2.71. The summed E-state index contributed by atoms with van der Waals surface area (Å²) in [6.07, 6.45) is 0. The van der Waals surface area contributed by atoms with Crippen LogP contribution in [0.4, 0.5) is 0 Å². The van der Waals surface area contributed by atoms with Gasteiger partial charge in [0.05, 0.1) is 11.1 Å². The van der Waals surface area contributed by atoms with Crippen LogP contribution in [0.2, 0.25) is 5.02 Å². The lowest BCUT2D eigenvalue weighted by atomic mass is 10.2. The Kier molecular flexibility index (Phi) is 3.28. The molecule has 1 unspecified atom stereocenters. The maximum Gasteiger partial charge on any atom is 0.247 e. The molecule has 6 heteroatoms. The second-order valence-corrected chi connectivity index (χ2v) is 4.62. The summed E-state index contributed by atoms with van der Waals surface area (Å²) in [4.78, 5) is 0. The largest absolute Gasteiger partial charge is 0.419 e. The first-order valence-corrected chi connectivity index (χ1v) is 5.79. The summed E-state index contributed by atoms with van der Waals surface area (Å²) >= 11 is 9.28. The highest BCUT2D eigenvalue weighted by molar-refractivity contribution is 9.10. The van der Waals surface area contributed by atoms with E-state index in [2.05, 4.69) is 26.1 Å². The van der Waals surface area contributed by atoms with Gasteiger partial charge in [-0.3, -0.25) is 0 Å². The molecule has 2 aromatic rings. The van der Waals surface area contributed by atoms with Crippen LogP contribution in [0.25, 0.3) is 11.5 Å². The van der Waals surface area contributed by atoms with Gasteiger partial charge in [-0.05, 0) is 41.1 Å². The normalized spacial score (nSPS) is 12.8. The van der Waals surface area contributed by atoms with E-state index in [9.17, 15) is 0 Å². The molecule has 0 radical (unpaired) electrons. The molecule has 1 aromatic heterocycles. The van der Waals surface area contributed by atoms with Crippen LogP contribution in [0.3, 0.4) is 0 Å². The Morgan fingerprint density at radius 1 is 1.44 bits per heavy atom. The highest BCUT2D eigenvalue weighted by Crippen LogP contribution is 2.28. The minimum atomic E-state index is -0.271. The molecule has 4 nitrogen and oxygen atoms in total. The fourth-order valence-electron chi connectivity index (χ4n) is 1.16. The topological polar surface area (TPSA) is 64.9 Å². The highest BCUT2D eigenvalue weighted by atomic mass is 79.9. The van der Waals surface area contributed by atoms with Crippen LogP contribution in [-0.4, -0.2) is 10.2 Å². The predicted octanol–water partition coefficient (Wildman–Crippen LogP) is 3.17. The van der Waals surface area contributed by atoms with E-state index < -0.39 is 0 Å². The van der Waals surface area contributed by atoms with E-state index in [1.165, 1.54) is 0 Å². The Hall–Kier alpha value is -0.910. The fourth-order valence-corrected chi connectivity index (χ4v) is 1.59. The van der Waals surface area contributed by atoms with E-state index >= 15 is 0 Å². The van der Waals surface area contributed by atoms with Crippen LogP contribution in [0.5, 0.6) is 0 Å². The molecule has 0 bridgehead atoms. The van der Waals surface area contributed by atoms with Crippen molar-refractivity contribution in [2.75, 3.05) is 0 Å². The van der Waals surface area contributed by atoms with Crippen molar-refractivity contribution in [2.45, 2.75) is 13.0 Å². The molecule has 0 fully saturated rings.